The number of allylic oxidation sites excluding steroid dienone is 2. The van der Waals surface area contributed by atoms with Crippen molar-refractivity contribution in [2.75, 3.05) is 6.61 Å². The van der Waals surface area contributed by atoms with Crippen LogP contribution in [0, 0.1) is 0 Å². The minimum atomic E-state index is -8.22. The molecule has 0 heterocycles. The van der Waals surface area contributed by atoms with Crippen molar-refractivity contribution < 1.29 is 92.9 Å². The molecule has 216 valence electrons. The lowest BCUT2D eigenvalue weighted by Crippen LogP contribution is -2.66. The number of aliphatic hydroxyl groups excluding tert-OH is 1. The van der Waals surface area contributed by atoms with Crippen LogP contribution in [0.15, 0.2) is 11.9 Å². The Morgan fingerprint density at radius 3 is 1.28 bits per heavy atom. The third-order valence-corrected chi connectivity index (χ3v) is 4.34. The number of alkyl halides is 19. The van der Waals surface area contributed by atoms with Crippen LogP contribution in [-0.2, 0) is 0 Å². The summed E-state index contributed by atoms with van der Waals surface area (Å²) in [7, 11) is 0. The van der Waals surface area contributed by atoms with Crippen molar-refractivity contribution in [1.82, 2.24) is 0 Å². The van der Waals surface area contributed by atoms with E-state index in [1.807, 2.05) is 0 Å². The van der Waals surface area contributed by atoms with Crippen molar-refractivity contribution in [1.29, 1.82) is 0 Å². The number of aliphatic hydroxyl groups is 1. The van der Waals surface area contributed by atoms with Gasteiger partial charge in [-0.05, 0) is 12.5 Å². The topological polar surface area (TPSA) is 20.2 Å². The highest BCUT2D eigenvalue weighted by Crippen LogP contribution is 2.59. The quantitative estimate of drug-likeness (QED) is 0.233. The van der Waals surface area contributed by atoms with E-state index in [1.54, 1.807) is 0 Å². The minimum absolute atomic E-state index is 1.36. The van der Waals surface area contributed by atoms with Crippen LogP contribution in [0.2, 0.25) is 0 Å². The number of hydrogen-bond donors (Lipinski definition) is 1. The van der Waals surface area contributed by atoms with Crippen LogP contribution in [0.1, 0.15) is 19.3 Å². The molecule has 1 nitrogen and oxygen atoms in total. The standard InChI is InChI=1S/C15H10F20O/c16-6(9(21,22)12(27,28)13(29,30)14(31,32)15(33,34)35)2-4-8(19,20)11(25,26)10(23,24)7(17,18)3-1-5-36/h2,36H,1,3-5H2/b6-2-. The van der Waals surface area contributed by atoms with Crippen LogP contribution in [0.4, 0.5) is 87.8 Å². The van der Waals surface area contributed by atoms with Gasteiger partial charge < -0.3 is 5.11 Å². The lowest BCUT2D eigenvalue weighted by molar-refractivity contribution is -0.419. The zero-order chi connectivity index (χ0) is 29.6. The first-order valence-corrected chi connectivity index (χ1v) is 8.50. The van der Waals surface area contributed by atoms with Gasteiger partial charge in [-0.2, -0.15) is 83.4 Å². The maximum Gasteiger partial charge on any atom is 0.460 e. The van der Waals surface area contributed by atoms with E-state index in [9.17, 15) is 87.8 Å². The molecule has 36 heavy (non-hydrogen) atoms. The van der Waals surface area contributed by atoms with Crippen molar-refractivity contribution in [3.8, 4) is 0 Å². The normalized spacial score (nSPS) is 16.5. The molecule has 0 bridgehead atoms. The van der Waals surface area contributed by atoms with Gasteiger partial charge in [-0.3, -0.25) is 0 Å². The van der Waals surface area contributed by atoms with Crippen LogP contribution >= 0.6 is 0 Å². The Bertz CT molecular complexity index is 791. The van der Waals surface area contributed by atoms with E-state index in [4.69, 9.17) is 5.11 Å². The second-order valence-corrected chi connectivity index (χ2v) is 6.94. The molecular formula is C15H10F20O. The molecule has 0 rings (SSSR count). The molecular weight excluding hydrogens is 576 g/mol. The zero-order valence-corrected chi connectivity index (χ0v) is 16.4. The predicted octanol–water partition coefficient (Wildman–Crippen LogP) is 7.65. The summed E-state index contributed by atoms with van der Waals surface area (Å²) < 4.78 is 261. The molecule has 1 N–H and O–H groups in total. The monoisotopic (exact) mass is 586 g/mol. The fourth-order valence-electron chi connectivity index (χ4n) is 2.11. The van der Waals surface area contributed by atoms with Crippen LogP contribution in [0.25, 0.3) is 0 Å². The van der Waals surface area contributed by atoms with Gasteiger partial charge in [-0.1, -0.05) is 0 Å². The van der Waals surface area contributed by atoms with Crippen LogP contribution < -0.4 is 0 Å². The average molecular weight is 586 g/mol. The molecule has 0 radical (unpaired) electrons. The molecule has 0 amide bonds. The van der Waals surface area contributed by atoms with Crippen molar-refractivity contribution in [2.45, 2.75) is 72.8 Å². The Balaban J connectivity index is 6.34. The van der Waals surface area contributed by atoms with Crippen molar-refractivity contribution in [3.63, 3.8) is 0 Å². The summed E-state index contributed by atoms with van der Waals surface area (Å²) in [5, 5.41) is 8.24. The molecule has 0 aliphatic carbocycles. The van der Waals surface area contributed by atoms with Gasteiger partial charge in [-0.15, -0.1) is 0 Å². The lowest BCUT2D eigenvalue weighted by Gasteiger charge is -2.37. The summed E-state index contributed by atoms with van der Waals surface area (Å²) in [4.78, 5) is 0. The molecule has 0 aliphatic heterocycles. The number of hydrogen-bond acceptors (Lipinski definition) is 1. The first-order valence-electron chi connectivity index (χ1n) is 8.50. The van der Waals surface area contributed by atoms with Gasteiger partial charge in [0, 0.05) is 19.4 Å². The van der Waals surface area contributed by atoms with Gasteiger partial charge in [0.15, 0.2) is 5.83 Å². The van der Waals surface area contributed by atoms with Gasteiger partial charge in [0.1, 0.15) is 0 Å². The smallest absolute Gasteiger partial charge is 0.396 e. The van der Waals surface area contributed by atoms with Crippen LogP contribution in [-0.4, -0.2) is 65.3 Å². The van der Waals surface area contributed by atoms with Gasteiger partial charge in [0.25, 0.3) is 0 Å². The highest BCUT2D eigenvalue weighted by atomic mass is 19.4. The number of halogens is 20. The molecule has 0 aromatic heterocycles. The van der Waals surface area contributed by atoms with Crippen molar-refractivity contribution in [3.05, 3.63) is 11.9 Å². The lowest BCUT2D eigenvalue weighted by atomic mass is 9.93. The summed E-state index contributed by atoms with van der Waals surface area (Å²) in [6.45, 7) is -1.36. The summed E-state index contributed by atoms with van der Waals surface area (Å²) >= 11 is 0. The maximum atomic E-state index is 13.5. The fraction of sp³-hybridized carbons (Fsp3) is 0.867. The predicted molar refractivity (Wildman–Crippen MR) is 75.8 cm³/mol. The van der Waals surface area contributed by atoms with E-state index in [2.05, 4.69) is 0 Å². The molecule has 0 unspecified atom stereocenters. The third-order valence-electron chi connectivity index (χ3n) is 4.34. The van der Waals surface area contributed by atoms with E-state index in [-0.39, 0.29) is 0 Å². The molecule has 0 atom stereocenters. The first-order chi connectivity index (χ1) is 15.4. The van der Waals surface area contributed by atoms with Gasteiger partial charge >= 0.3 is 53.6 Å². The highest BCUT2D eigenvalue weighted by Gasteiger charge is 2.88. The Labute approximate surface area is 185 Å². The molecule has 0 fully saturated rings. The zero-order valence-electron chi connectivity index (χ0n) is 16.4. The second-order valence-electron chi connectivity index (χ2n) is 6.94. The van der Waals surface area contributed by atoms with Gasteiger partial charge in [0.05, 0.1) is 0 Å². The molecule has 0 saturated heterocycles. The van der Waals surface area contributed by atoms with E-state index >= 15 is 0 Å². The summed E-state index contributed by atoms with van der Waals surface area (Å²) in [5.74, 6) is -63.8. The van der Waals surface area contributed by atoms with E-state index < -0.39 is 91.3 Å². The second kappa shape index (κ2) is 9.55. The number of rotatable bonds is 12. The molecule has 0 aromatic carbocycles. The Kier molecular flexibility index (Phi) is 9.10. The fourth-order valence-corrected chi connectivity index (χ4v) is 2.11. The average Bonchev–Trinajstić information content (AvgIpc) is 2.68. The largest absolute Gasteiger partial charge is 0.460 e. The summed E-state index contributed by atoms with van der Waals surface area (Å²) in [6, 6.07) is 0. The van der Waals surface area contributed by atoms with Gasteiger partial charge in [0.2, 0.25) is 0 Å². The first kappa shape index (κ1) is 34.3. The summed E-state index contributed by atoms with van der Waals surface area (Å²) in [5.41, 5.74) is 0. The van der Waals surface area contributed by atoms with E-state index in [1.165, 1.54) is 0 Å². The summed E-state index contributed by atoms with van der Waals surface area (Å²) in [6.07, 6.45) is -17.1. The molecule has 0 spiro atoms. The van der Waals surface area contributed by atoms with Crippen molar-refractivity contribution >= 4 is 0 Å². The molecule has 21 heteroatoms. The van der Waals surface area contributed by atoms with Crippen LogP contribution in [0.3, 0.4) is 0 Å². The van der Waals surface area contributed by atoms with Gasteiger partial charge in [-0.25, -0.2) is 4.39 Å². The molecule has 0 aliphatic rings. The Morgan fingerprint density at radius 1 is 0.528 bits per heavy atom. The maximum absolute atomic E-state index is 13.5. The van der Waals surface area contributed by atoms with Crippen LogP contribution in [0.5, 0.6) is 0 Å². The van der Waals surface area contributed by atoms with E-state index in [0.717, 1.165) is 0 Å². The highest BCUT2D eigenvalue weighted by molar-refractivity contribution is 5.18. The SMILES string of the molecule is OCCCC(F)(F)C(F)(F)C(F)(F)C(F)(F)C/C=C(\F)C(F)(F)C(F)(F)C(F)(F)C(F)(F)C(F)(F)F. The molecule has 0 aromatic rings. The minimum Gasteiger partial charge on any atom is -0.396 e. The third kappa shape index (κ3) is 5.16. The van der Waals surface area contributed by atoms with Crippen molar-refractivity contribution in [2.24, 2.45) is 0 Å². The Morgan fingerprint density at radius 2 is 0.917 bits per heavy atom. The Hall–Kier alpha value is -1.70. The van der Waals surface area contributed by atoms with E-state index in [0.29, 0.717) is 0 Å². The molecule has 0 saturated carbocycles.